The maximum absolute atomic E-state index is 13.7. The summed E-state index contributed by atoms with van der Waals surface area (Å²) in [6, 6.07) is 17.9. The number of nitriles is 1. The van der Waals surface area contributed by atoms with Gasteiger partial charge in [0.05, 0.1) is 17.2 Å². The van der Waals surface area contributed by atoms with E-state index in [4.69, 9.17) is 4.74 Å². The van der Waals surface area contributed by atoms with Crippen LogP contribution in [0.3, 0.4) is 0 Å². The van der Waals surface area contributed by atoms with Crippen LogP contribution in [-0.2, 0) is 4.74 Å². The van der Waals surface area contributed by atoms with Crippen LogP contribution in [0.1, 0.15) is 49.5 Å². The highest BCUT2D eigenvalue weighted by molar-refractivity contribution is 6.06. The molecule has 1 saturated heterocycles. The SMILES string of the molecule is CC(C)(C)OC(=O)N1CCC(C(=O)n2cc(C(C#N)=Cc3cccc4cnccc34)c3ccccc32)CC1. The van der Waals surface area contributed by atoms with Crippen LogP contribution < -0.4 is 0 Å². The third-order valence-corrected chi connectivity index (χ3v) is 6.87. The standard InChI is InChI=1S/C31H30N4O3/c1-31(2,3)38-30(37)34-15-12-21(13-16-34)29(36)35-20-27(26-9-4-5-10-28(26)35)24(18-32)17-22-7-6-8-23-19-33-14-11-25(22)23/h4-11,14,17,19-21H,12-13,15-16H2,1-3H3. The third-order valence-electron chi connectivity index (χ3n) is 6.87. The van der Waals surface area contributed by atoms with Crippen molar-refractivity contribution >= 4 is 45.3 Å². The van der Waals surface area contributed by atoms with Crippen molar-refractivity contribution in [3.05, 3.63) is 78.2 Å². The van der Waals surface area contributed by atoms with E-state index in [-0.39, 0.29) is 17.9 Å². The number of allylic oxidation sites excluding steroid dienone is 1. The molecule has 4 aromatic rings. The number of piperidine rings is 1. The van der Waals surface area contributed by atoms with Gasteiger partial charge in [-0.1, -0.05) is 36.4 Å². The van der Waals surface area contributed by atoms with E-state index in [0.717, 1.165) is 27.2 Å². The van der Waals surface area contributed by atoms with Crippen LogP contribution in [0.5, 0.6) is 0 Å². The monoisotopic (exact) mass is 506 g/mol. The van der Waals surface area contributed by atoms with Gasteiger partial charge in [-0.15, -0.1) is 0 Å². The normalized spacial score (nSPS) is 15.0. The molecule has 0 bridgehead atoms. The molecule has 1 aliphatic heterocycles. The molecular weight excluding hydrogens is 476 g/mol. The first kappa shape index (κ1) is 25.2. The summed E-state index contributed by atoms with van der Waals surface area (Å²) < 4.78 is 7.17. The molecule has 0 N–H and O–H groups in total. The summed E-state index contributed by atoms with van der Waals surface area (Å²) in [5.74, 6) is -0.248. The van der Waals surface area contributed by atoms with Gasteiger partial charge in [0.2, 0.25) is 5.91 Å². The molecule has 1 amide bonds. The van der Waals surface area contributed by atoms with E-state index in [9.17, 15) is 14.9 Å². The zero-order valence-corrected chi connectivity index (χ0v) is 21.8. The van der Waals surface area contributed by atoms with Crippen molar-refractivity contribution in [2.75, 3.05) is 13.1 Å². The van der Waals surface area contributed by atoms with Crippen LogP contribution in [0.15, 0.2) is 67.1 Å². The molecular formula is C31H30N4O3. The van der Waals surface area contributed by atoms with Crippen LogP contribution in [0, 0.1) is 17.2 Å². The van der Waals surface area contributed by atoms with Gasteiger partial charge in [-0.2, -0.15) is 5.26 Å². The minimum absolute atomic E-state index is 0.0233. The average Bonchev–Trinajstić information content (AvgIpc) is 3.30. The fourth-order valence-corrected chi connectivity index (χ4v) is 5.01. The van der Waals surface area contributed by atoms with Crippen LogP contribution in [-0.4, -0.2) is 45.1 Å². The van der Waals surface area contributed by atoms with E-state index in [2.05, 4.69) is 11.1 Å². The van der Waals surface area contributed by atoms with Crippen LogP contribution in [0.25, 0.3) is 33.3 Å². The van der Waals surface area contributed by atoms with Crippen LogP contribution in [0.4, 0.5) is 4.79 Å². The van der Waals surface area contributed by atoms with Gasteiger partial charge in [-0.3, -0.25) is 14.3 Å². The van der Waals surface area contributed by atoms with Crippen molar-refractivity contribution in [2.24, 2.45) is 5.92 Å². The summed E-state index contributed by atoms with van der Waals surface area (Å²) in [4.78, 5) is 32.0. The number of nitrogens with zero attached hydrogens (tertiary/aromatic N) is 4. The van der Waals surface area contributed by atoms with Crippen LogP contribution >= 0.6 is 0 Å². The highest BCUT2D eigenvalue weighted by atomic mass is 16.6. The first-order chi connectivity index (χ1) is 18.2. The lowest BCUT2D eigenvalue weighted by atomic mass is 9.96. The lowest BCUT2D eigenvalue weighted by Crippen LogP contribution is -2.43. The molecule has 0 atom stereocenters. The van der Waals surface area contributed by atoms with Crippen molar-refractivity contribution in [3.63, 3.8) is 0 Å². The van der Waals surface area contributed by atoms with E-state index >= 15 is 0 Å². The molecule has 0 saturated carbocycles. The summed E-state index contributed by atoms with van der Waals surface area (Å²) in [7, 11) is 0. The van der Waals surface area contributed by atoms with Crippen molar-refractivity contribution in [3.8, 4) is 6.07 Å². The van der Waals surface area contributed by atoms with Gasteiger partial charge < -0.3 is 9.64 Å². The Morgan fingerprint density at radius 1 is 1.05 bits per heavy atom. The molecule has 0 radical (unpaired) electrons. The van der Waals surface area contributed by atoms with E-state index in [1.165, 1.54) is 0 Å². The number of pyridine rings is 1. The minimum atomic E-state index is -0.556. The Labute approximate surface area is 221 Å². The number of amides is 1. The van der Waals surface area contributed by atoms with E-state index in [1.807, 2.05) is 75.4 Å². The van der Waals surface area contributed by atoms with E-state index in [1.54, 1.807) is 28.1 Å². The Balaban J connectivity index is 1.45. The lowest BCUT2D eigenvalue weighted by molar-refractivity contribution is 0.0177. The third kappa shape index (κ3) is 5.03. The molecule has 38 heavy (non-hydrogen) atoms. The zero-order chi connectivity index (χ0) is 26.9. The summed E-state index contributed by atoms with van der Waals surface area (Å²) in [6.07, 6.45) is 7.98. The van der Waals surface area contributed by atoms with Crippen molar-refractivity contribution in [1.82, 2.24) is 14.5 Å². The molecule has 2 aromatic carbocycles. The maximum Gasteiger partial charge on any atom is 0.410 e. The summed E-state index contributed by atoms with van der Waals surface area (Å²) in [5, 5.41) is 13.0. The number of ether oxygens (including phenoxy) is 1. The second-order valence-electron chi connectivity index (χ2n) is 10.6. The summed E-state index contributed by atoms with van der Waals surface area (Å²) in [5.41, 5.74) is 2.33. The number of likely N-dealkylation sites (tertiary alicyclic amines) is 1. The molecule has 7 nitrogen and oxygen atoms in total. The number of carbonyl (C=O) groups excluding carboxylic acids is 2. The molecule has 1 fully saturated rings. The Bertz CT molecular complexity index is 1590. The molecule has 2 aromatic heterocycles. The Morgan fingerprint density at radius 2 is 1.82 bits per heavy atom. The first-order valence-corrected chi connectivity index (χ1v) is 12.8. The van der Waals surface area contributed by atoms with Gasteiger partial charge in [0.15, 0.2) is 0 Å². The number of hydrogen-bond acceptors (Lipinski definition) is 5. The number of para-hydroxylation sites is 1. The fourth-order valence-electron chi connectivity index (χ4n) is 5.01. The highest BCUT2D eigenvalue weighted by Gasteiger charge is 2.31. The van der Waals surface area contributed by atoms with Gasteiger partial charge in [0.1, 0.15) is 5.60 Å². The molecule has 0 aliphatic carbocycles. The number of hydrogen-bond donors (Lipinski definition) is 0. The van der Waals surface area contributed by atoms with Gasteiger partial charge in [-0.25, -0.2) is 4.79 Å². The predicted molar refractivity (Wildman–Crippen MR) is 148 cm³/mol. The maximum atomic E-state index is 13.7. The summed E-state index contributed by atoms with van der Waals surface area (Å²) in [6.45, 7) is 6.47. The van der Waals surface area contributed by atoms with Gasteiger partial charge in [-0.05, 0) is 62.8 Å². The second-order valence-corrected chi connectivity index (χ2v) is 10.6. The number of fused-ring (bicyclic) bond motifs is 2. The number of aromatic nitrogens is 2. The minimum Gasteiger partial charge on any atom is -0.444 e. The fraction of sp³-hybridized carbons (Fsp3) is 0.290. The molecule has 192 valence electrons. The van der Waals surface area contributed by atoms with Crippen molar-refractivity contribution in [2.45, 2.75) is 39.2 Å². The summed E-state index contributed by atoms with van der Waals surface area (Å²) >= 11 is 0. The molecule has 1 aliphatic rings. The molecule has 5 rings (SSSR count). The van der Waals surface area contributed by atoms with E-state index in [0.29, 0.717) is 37.1 Å². The van der Waals surface area contributed by atoms with Crippen molar-refractivity contribution in [1.29, 1.82) is 5.26 Å². The topological polar surface area (TPSA) is 88.2 Å². The Morgan fingerprint density at radius 3 is 2.55 bits per heavy atom. The van der Waals surface area contributed by atoms with Gasteiger partial charge in [0.25, 0.3) is 0 Å². The second kappa shape index (κ2) is 10.1. The predicted octanol–water partition coefficient (Wildman–Crippen LogP) is 6.54. The van der Waals surface area contributed by atoms with Gasteiger partial charge in [0, 0.05) is 53.9 Å². The largest absolute Gasteiger partial charge is 0.444 e. The highest BCUT2D eigenvalue weighted by Crippen LogP contribution is 2.32. The van der Waals surface area contributed by atoms with Crippen LogP contribution in [0.2, 0.25) is 0 Å². The smallest absolute Gasteiger partial charge is 0.410 e. The first-order valence-electron chi connectivity index (χ1n) is 12.8. The number of benzene rings is 2. The van der Waals surface area contributed by atoms with E-state index < -0.39 is 5.60 Å². The molecule has 0 spiro atoms. The average molecular weight is 507 g/mol. The molecule has 7 heteroatoms. The lowest BCUT2D eigenvalue weighted by Gasteiger charge is -2.33. The Kier molecular flexibility index (Phi) is 6.73. The van der Waals surface area contributed by atoms with Crippen molar-refractivity contribution < 1.29 is 14.3 Å². The number of rotatable bonds is 3. The zero-order valence-electron chi connectivity index (χ0n) is 21.8. The Hall–Kier alpha value is -4.44. The van der Waals surface area contributed by atoms with Gasteiger partial charge >= 0.3 is 6.09 Å². The number of carbonyl (C=O) groups is 2. The molecule has 0 unspecified atom stereocenters. The molecule has 3 heterocycles. The quantitative estimate of drug-likeness (QED) is 0.294.